The molecule has 0 spiro atoms. The summed E-state index contributed by atoms with van der Waals surface area (Å²) in [7, 11) is 0. The molecule has 1 aromatic rings. The Kier molecular flexibility index (Phi) is 6.45. The fourth-order valence-electron chi connectivity index (χ4n) is 1.59. The molecule has 5 heteroatoms. The summed E-state index contributed by atoms with van der Waals surface area (Å²) in [4.78, 5) is 3.46. The third-order valence-electron chi connectivity index (χ3n) is 2.39. The molecular formula is C14H17F4N. The molecule has 0 fully saturated rings. The van der Waals surface area contributed by atoms with Crippen molar-refractivity contribution in [2.24, 2.45) is 4.99 Å². The van der Waals surface area contributed by atoms with E-state index in [1.54, 1.807) is 6.92 Å². The number of rotatable bonds is 2. The van der Waals surface area contributed by atoms with Gasteiger partial charge in [0, 0.05) is 6.20 Å². The molecule has 0 aromatic heterocycles. The van der Waals surface area contributed by atoms with Crippen LogP contribution in [0.15, 0.2) is 23.3 Å². The van der Waals surface area contributed by atoms with Crippen molar-refractivity contribution in [2.45, 2.75) is 33.9 Å². The minimum absolute atomic E-state index is 0.0173. The lowest BCUT2D eigenvalue weighted by atomic mass is 9.97. The van der Waals surface area contributed by atoms with Crippen LogP contribution in [0.2, 0.25) is 0 Å². The average molecular weight is 275 g/mol. The fraction of sp³-hybridized carbons (Fsp3) is 0.357. The highest BCUT2D eigenvalue weighted by molar-refractivity contribution is 5.68. The summed E-state index contributed by atoms with van der Waals surface area (Å²) in [5.41, 5.74) is -0.368. The topological polar surface area (TPSA) is 12.4 Å². The third kappa shape index (κ3) is 4.50. The summed E-state index contributed by atoms with van der Waals surface area (Å²) >= 11 is 0. The van der Waals surface area contributed by atoms with Gasteiger partial charge in [0.05, 0.1) is 5.56 Å². The molecule has 106 valence electrons. The van der Waals surface area contributed by atoms with E-state index >= 15 is 0 Å². The minimum atomic E-state index is -4.57. The van der Waals surface area contributed by atoms with Crippen molar-refractivity contribution in [1.29, 1.82) is 0 Å². The van der Waals surface area contributed by atoms with Gasteiger partial charge in [-0.2, -0.15) is 13.2 Å². The Hall–Kier alpha value is -1.65. The lowest BCUT2D eigenvalue weighted by Crippen LogP contribution is -2.09. The molecule has 1 aromatic carbocycles. The molecule has 0 saturated carbocycles. The Morgan fingerprint density at radius 3 is 2.21 bits per heavy atom. The van der Waals surface area contributed by atoms with E-state index in [9.17, 15) is 17.6 Å². The Bertz CT molecular complexity index is 473. The first-order chi connectivity index (χ1) is 8.77. The van der Waals surface area contributed by atoms with Gasteiger partial charge in [0.1, 0.15) is 5.82 Å². The first kappa shape index (κ1) is 17.4. The van der Waals surface area contributed by atoms with Crippen molar-refractivity contribution in [1.82, 2.24) is 0 Å². The molecule has 0 atom stereocenters. The van der Waals surface area contributed by atoms with Gasteiger partial charge in [0.25, 0.3) is 0 Å². The minimum Gasteiger partial charge on any atom is -0.272 e. The number of aliphatic imine (C=N–C) groups is 1. The van der Waals surface area contributed by atoms with Crippen LogP contribution in [0, 0.1) is 12.7 Å². The Morgan fingerprint density at radius 1 is 1.26 bits per heavy atom. The highest BCUT2D eigenvalue weighted by atomic mass is 19.4. The van der Waals surface area contributed by atoms with Crippen molar-refractivity contribution >= 4 is 12.3 Å². The highest BCUT2D eigenvalue weighted by Crippen LogP contribution is 2.35. The molecule has 0 heterocycles. The van der Waals surface area contributed by atoms with Gasteiger partial charge < -0.3 is 0 Å². The third-order valence-corrected chi connectivity index (χ3v) is 2.39. The first-order valence-corrected chi connectivity index (χ1v) is 5.77. The molecule has 0 amide bonds. The fourth-order valence-corrected chi connectivity index (χ4v) is 1.59. The summed E-state index contributed by atoms with van der Waals surface area (Å²) in [6.07, 6.45) is -3.27. The molecule has 1 rings (SSSR count). The summed E-state index contributed by atoms with van der Waals surface area (Å²) in [6, 6.07) is 1.55. The molecule has 19 heavy (non-hydrogen) atoms. The average Bonchev–Trinajstić information content (AvgIpc) is 2.33. The second-order valence-corrected chi connectivity index (χ2v) is 3.62. The summed E-state index contributed by atoms with van der Waals surface area (Å²) in [5, 5.41) is 0. The van der Waals surface area contributed by atoms with E-state index in [2.05, 4.69) is 11.7 Å². The summed E-state index contributed by atoms with van der Waals surface area (Å²) in [6.45, 7) is 10.1. The zero-order chi connectivity index (χ0) is 15.2. The van der Waals surface area contributed by atoms with Crippen molar-refractivity contribution in [3.63, 3.8) is 0 Å². The lowest BCUT2D eigenvalue weighted by molar-refractivity contribution is -0.138. The van der Waals surface area contributed by atoms with E-state index in [4.69, 9.17) is 0 Å². The van der Waals surface area contributed by atoms with Crippen molar-refractivity contribution < 1.29 is 17.6 Å². The maximum absolute atomic E-state index is 13.2. The Morgan fingerprint density at radius 2 is 1.79 bits per heavy atom. The van der Waals surface area contributed by atoms with E-state index in [-0.39, 0.29) is 11.1 Å². The van der Waals surface area contributed by atoms with Crippen LogP contribution in [0.4, 0.5) is 17.6 Å². The van der Waals surface area contributed by atoms with Crippen LogP contribution in [0.25, 0.3) is 5.57 Å². The molecule has 0 saturated heterocycles. The number of hydrogen-bond acceptors (Lipinski definition) is 1. The Balaban J connectivity index is 0.00000154. The maximum Gasteiger partial charge on any atom is 0.416 e. The van der Waals surface area contributed by atoms with Gasteiger partial charge in [-0.15, -0.1) is 0 Å². The highest BCUT2D eigenvalue weighted by Gasteiger charge is 2.33. The van der Waals surface area contributed by atoms with Crippen LogP contribution in [0.5, 0.6) is 0 Å². The second kappa shape index (κ2) is 7.07. The first-order valence-electron chi connectivity index (χ1n) is 5.77. The van der Waals surface area contributed by atoms with E-state index < -0.39 is 17.6 Å². The van der Waals surface area contributed by atoms with Gasteiger partial charge in [-0.25, -0.2) is 4.39 Å². The van der Waals surface area contributed by atoms with Crippen LogP contribution < -0.4 is 0 Å². The molecule has 0 aliphatic carbocycles. The van der Waals surface area contributed by atoms with E-state index in [1.807, 2.05) is 13.8 Å². The molecule has 0 aliphatic heterocycles. The maximum atomic E-state index is 13.2. The zero-order valence-corrected chi connectivity index (χ0v) is 11.4. The molecule has 1 nitrogen and oxygen atoms in total. The van der Waals surface area contributed by atoms with Crippen LogP contribution in [0.1, 0.15) is 37.5 Å². The quantitative estimate of drug-likeness (QED) is 0.517. The van der Waals surface area contributed by atoms with Crippen molar-refractivity contribution in [3.05, 3.63) is 40.8 Å². The monoisotopic (exact) mass is 275 g/mol. The number of hydrogen-bond donors (Lipinski definition) is 0. The summed E-state index contributed by atoms with van der Waals surface area (Å²) < 4.78 is 51.1. The standard InChI is InChI=1S/C12H11F4N.C2H6/c1-7(6-17-3)10-4-9(13)5-11(8(10)2)12(14,15)16;1-2/h4-6H,3H2,1-2H3;1-2H3/b7-6-;. The summed E-state index contributed by atoms with van der Waals surface area (Å²) in [5.74, 6) is -0.922. The second-order valence-electron chi connectivity index (χ2n) is 3.62. The van der Waals surface area contributed by atoms with Crippen LogP contribution in [0.3, 0.4) is 0 Å². The Labute approximate surface area is 110 Å². The smallest absolute Gasteiger partial charge is 0.272 e. The van der Waals surface area contributed by atoms with Crippen LogP contribution in [-0.2, 0) is 6.18 Å². The van der Waals surface area contributed by atoms with E-state index in [1.165, 1.54) is 13.1 Å². The van der Waals surface area contributed by atoms with Gasteiger partial charge in [-0.05, 0) is 49.4 Å². The molecule has 0 radical (unpaired) electrons. The number of halogens is 4. The predicted molar refractivity (Wildman–Crippen MR) is 70.7 cm³/mol. The molecular weight excluding hydrogens is 258 g/mol. The van der Waals surface area contributed by atoms with Gasteiger partial charge in [0.2, 0.25) is 0 Å². The van der Waals surface area contributed by atoms with Gasteiger partial charge in [0.15, 0.2) is 0 Å². The lowest BCUT2D eigenvalue weighted by Gasteiger charge is -2.14. The number of nitrogens with zero attached hydrogens (tertiary/aromatic N) is 1. The normalized spacial score (nSPS) is 11.7. The molecule has 0 unspecified atom stereocenters. The molecule has 0 N–H and O–H groups in total. The number of alkyl halides is 3. The number of allylic oxidation sites excluding steroid dienone is 1. The van der Waals surface area contributed by atoms with Crippen molar-refractivity contribution in [3.8, 4) is 0 Å². The SMILES string of the molecule is C=N/C=C(/C)c1cc(F)cc(C(F)(F)F)c1C.CC. The number of benzene rings is 1. The van der Waals surface area contributed by atoms with Gasteiger partial charge >= 0.3 is 6.18 Å². The van der Waals surface area contributed by atoms with Crippen LogP contribution >= 0.6 is 0 Å². The largest absolute Gasteiger partial charge is 0.416 e. The van der Waals surface area contributed by atoms with Gasteiger partial charge in [-0.1, -0.05) is 13.8 Å². The van der Waals surface area contributed by atoms with E-state index in [0.29, 0.717) is 11.6 Å². The van der Waals surface area contributed by atoms with E-state index in [0.717, 1.165) is 6.07 Å². The molecule has 0 bridgehead atoms. The van der Waals surface area contributed by atoms with Crippen LogP contribution in [-0.4, -0.2) is 6.72 Å². The molecule has 0 aliphatic rings. The predicted octanol–water partition coefficient (Wildman–Crippen LogP) is 5.24. The zero-order valence-electron chi connectivity index (χ0n) is 11.4. The van der Waals surface area contributed by atoms with Crippen molar-refractivity contribution in [2.75, 3.05) is 0 Å². The van der Waals surface area contributed by atoms with Gasteiger partial charge in [-0.3, -0.25) is 4.99 Å².